The summed E-state index contributed by atoms with van der Waals surface area (Å²) in [6.07, 6.45) is 0. The second-order valence-corrected chi connectivity index (χ2v) is 10.6. The number of nitrogens with one attached hydrogen (secondary N) is 3. The Morgan fingerprint density at radius 1 is 1.14 bits per heavy atom. The number of sulfonamides is 1. The van der Waals surface area contributed by atoms with Gasteiger partial charge in [0.05, 0.1) is 11.4 Å². The highest BCUT2D eigenvalue weighted by Gasteiger charge is 2.24. The average molecular weight is 437 g/mol. The zero-order valence-corrected chi connectivity index (χ0v) is 19.5. The van der Waals surface area contributed by atoms with Gasteiger partial charge in [0, 0.05) is 29.4 Å². The monoisotopic (exact) mass is 436 g/mol. The van der Waals surface area contributed by atoms with E-state index in [1.54, 1.807) is 29.5 Å². The van der Waals surface area contributed by atoms with Crippen LogP contribution in [-0.4, -0.2) is 33.0 Å². The van der Waals surface area contributed by atoms with Crippen LogP contribution in [-0.2, 0) is 16.6 Å². The summed E-state index contributed by atoms with van der Waals surface area (Å²) in [7, 11) is -3.62. The second kappa shape index (κ2) is 10.2. The van der Waals surface area contributed by atoms with E-state index in [1.165, 1.54) is 4.88 Å². The highest BCUT2D eigenvalue weighted by atomic mass is 32.2. The zero-order valence-electron chi connectivity index (χ0n) is 17.8. The Morgan fingerprint density at radius 3 is 2.48 bits per heavy atom. The van der Waals surface area contributed by atoms with Crippen molar-refractivity contribution in [3.05, 3.63) is 52.2 Å². The Kier molecular flexibility index (Phi) is 8.24. The molecule has 160 valence electrons. The van der Waals surface area contributed by atoms with E-state index in [1.807, 2.05) is 33.8 Å². The third kappa shape index (κ3) is 7.45. The summed E-state index contributed by atoms with van der Waals surface area (Å²) in [4.78, 5) is 6.20. The van der Waals surface area contributed by atoms with Gasteiger partial charge in [-0.1, -0.05) is 31.2 Å². The average Bonchev–Trinajstić information content (AvgIpc) is 3.17. The first-order valence-electron chi connectivity index (χ1n) is 9.80. The van der Waals surface area contributed by atoms with E-state index in [0.717, 1.165) is 13.1 Å². The molecule has 8 heteroatoms. The summed E-state index contributed by atoms with van der Waals surface area (Å²) in [5, 5.41) is 8.66. The van der Waals surface area contributed by atoms with Gasteiger partial charge in [-0.3, -0.25) is 0 Å². The molecule has 0 aliphatic heterocycles. The molecule has 0 fully saturated rings. The summed E-state index contributed by atoms with van der Waals surface area (Å²) in [6.45, 7) is 11.4. The Morgan fingerprint density at radius 2 is 1.86 bits per heavy atom. The fourth-order valence-electron chi connectivity index (χ4n) is 2.78. The smallest absolute Gasteiger partial charge is 0.241 e. The largest absolute Gasteiger partial charge is 0.357 e. The van der Waals surface area contributed by atoms with Crippen LogP contribution in [0.15, 0.2) is 51.7 Å². The lowest BCUT2D eigenvalue weighted by Crippen LogP contribution is -2.41. The van der Waals surface area contributed by atoms with Crippen LogP contribution in [0.4, 0.5) is 0 Å². The van der Waals surface area contributed by atoms with E-state index in [2.05, 4.69) is 44.8 Å². The predicted octanol–water partition coefficient (Wildman–Crippen LogP) is 3.68. The van der Waals surface area contributed by atoms with Crippen molar-refractivity contribution in [1.29, 1.82) is 0 Å². The number of thiophene rings is 1. The SMILES string of the molecule is CCNC(=NCc1ccccc1S(=O)(=O)NC(C)(C)C)NCC(C)c1cccs1. The standard InChI is InChI=1S/C21H32N4O2S2/c1-6-22-20(23-14-16(2)18-11-9-13-28-18)24-15-17-10-7-8-12-19(17)29(26,27)25-21(3,4)5/h7-13,16,25H,6,14-15H2,1-5H3,(H2,22,23,24). The molecule has 0 aliphatic rings. The van der Waals surface area contributed by atoms with Crippen molar-refractivity contribution in [3.63, 3.8) is 0 Å². The molecule has 1 heterocycles. The van der Waals surface area contributed by atoms with Crippen LogP contribution in [0.25, 0.3) is 0 Å². The molecule has 2 aromatic rings. The minimum atomic E-state index is -3.62. The van der Waals surface area contributed by atoms with Gasteiger partial charge in [0.25, 0.3) is 0 Å². The van der Waals surface area contributed by atoms with Crippen LogP contribution in [0.3, 0.4) is 0 Å². The number of benzene rings is 1. The summed E-state index contributed by atoms with van der Waals surface area (Å²) >= 11 is 1.74. The first kappa shape index (κ1) is 23.4. The molecule has 0 amide bonds. The number of aliphatic imine (C=N–C) groups is 1. The molecule has 1 aromatic heterocycles. The van der Waals surface area contributed by atoms with Crippen LogP contribution in [0, 0.1) is 0 Å². The molecule has 2 rings (SSSR count). The van der Waals surface area contributed by atoms with Gasteiger partial charge in [-0.05, 0) is 50.8 Å². The van der Waals surface area contributed by atoms with Crippen LogP contribution in [0.1, 0.15) is 51.0 Å². The highest BCUT2D eigenvalue weighted by molar-refractivity contribution is 7.89. The van der Waals surface area contributed by atoms with E-state index < -0.39 is 15.6 Å². The molecule has 29 heavy (non-hydrogen) atoms. The fraction of sp³-hybridized carbons (Fsp3) is 0.476. The van der Waals surface area contributed by atoms with Crippen molar-refractivity contribution >= 4 is 27.3 Å². The Labute approximate surface area is 178 Å². The molecule has 0 bridgehead atoms. The molecular formula is C21H32N4O2S2. The van der Waals surface area contributed by atoms with Gasteiger partial charge in [0.1, 0.15) is 0 Å². The number of rotatable bonds is 8. The molecule has 0 saturated carbocycles. The molecule has 6 nitrogen and oxygen atoms in total. The second-order valence-electron chi connectivity index (χ2n) is 7.96. The van der Waals surface area contributed by atoms with E-state index in [0.29, 0.717) is 17.4 Å². The van der Waals surface area contributed by atoms with Gasteiger partial charge in [-0.2, -0.15) is 0 Å². The van der Waals surface area contributed by atoms with Crippen LogP contribution in [0.2, 0.25) is 0 Å². The summed E-state index contributed by atoms with van der Waals surface area (Å²) in [5.74, 6) is 1.04. The van der Waals surface area contributed by atoms with Crippen molar-refractivity contribution in [1.82, 2.24) is 15.4 Å². The Balaban J connectivity index is 2.15. The minimum Gasteiger partial charge on any atom is -0.357 e. The van der Waals surface area contributed by atoms with Crippen LogP contribution >= 0.6 is 11.3 Å². The third-order valence-electron chi connectivity index (χ3n) is 4.06. The number of hydrogen-bond acceptors (Lipinski definition) is 4. The van der Waals surface area contributed by atoms with Crippen LogP contribution in [0.5, 0.6) is 0 Å². The first-order chi connectivity index (χ1) is 13.6. The third-order valence-corrected chi connectivity index (χ3v) is 7.02. The summed E-state index contributed by atoms with van der Waals surface area (Å²) in [6, 6.07) is 11.2. The van der Waals surface area contributed by atoms with Crippen LogP contribution < -0.4 is 15.4 Å². The quantitative estimate of drug-likeness (QED) is 0.435. The first-order valence-corrected chi connectivity index (χ1v) is 12.2. The van der Waals surface area contributed by atoms with Gasteiger partial charge in [-0.15, -0.1) is 11.3 Å². The Hall–Kier alpha value is -1.90. The van der Waals surface area contributed by atoms with Gasteiger partial charge in [-0.25, -0.2) is 18.1 Å². The maximum absolute atomic E-state index is 12.8. The van der Waals surface area contributed by atoms with E-state index in [9.17, 15) is 8.42 Å². The fourth-order valence-corrected chi connectivity index (χ4v) is 5.22. The van der Waals surface area contributed by atoms with Crippen molar-refractivity contribution in [2.24, 2.45) is 4.99 Å². The molecule has 0 aliphatic carbocycles. The number of nitrogens with zero attached hydrogens (tertiary/aromatic N) is 1. The molecule has 1 atom stereocenters. The number of hydrogen-bond donors (Lipinski definition) is 3. The van der Waals surface area contributed by atoms with E-state index in [-0.39, 0.29) is 11.4 Å². The van der Waals surface area contributed by atoms with Crippen molar-refractivity contribution < 1.29 is 8.42 Å². The predicted molar refractivity (Wildman–Crippen MR) is 122 cm³/mol. The van der Waals surface area contributed by atoms with E-state index >= 15 is 0 Å². The maximum atomic E-state index is 12.8. The highest BCUT2D eigenvalue weighted by Crippen LogP contribution is 2.20. The summed E-state index contributed by atoms with van der Waals surface area (Å²) < 4.78 is 28.3. The van der Waals surface area contributed by atoms with E-state index in [4.69, 9.17) is 0 Å². The molecule has 1 unspecified atom stereocenters. The molecule has 1 aromatic carbocycles. The normalized spacial score (nSPS) is 13.9. The van der Waals surface area contributed by atoms with Gasteiger partial charge in [0.15, 0.2) is 5.96 Å². The Bertz CT molecular complexity index is 901. The van der Waals surface area contributed by atoms with Gasteiger partial charge < -0.3 is 10.6 Å². The van der Waals surface area contributed by atoms with Gasteiger partial charge >= 0.3 is 0 Å². The topological polar surface area (TPSA) is 82.6 Å². The lowest BCUT2D eigenvalue weighted by Gasteiger charge is -2.21. The lowest BCUT2D eigenvalue weighted by molar-refractivity contribution is 0.491. The summed E-state index contributed by atoms with van der Waals surface area (Å²) in [5.41, 5.74) is 0.108. The number of guanidine groups is 1. The maximum Gasteiger partial charge on any atom is 0.241 e. The lowest BCUT2D eigenvalue weighted by atomic mass is 10.1. The molecule has 0 spiro atoms. The van der Waals surface area contributed by atoms with Crippen molar-refractivity contribution in [3.8, 4) is 0 Å². The van der Waals surface area contributed by atoms with Crippen molar-refractivity contribution in [2.45, 2.75) is 57.5 Å². The minimum absolute atomic E-state index is 0.265. The molecule has 0 radical (unpaired) electrons. The van der Waals surface area contributed by atoms with Gasteiger partial charge in [0.2, 0.25) is 10.0 Å². The zero-order chi connectivity index (χ0) is 21.5. The molecule has 3 N–H and O–H groups in total. The van der Waals surface area contributed by atoms with Crippen molar-refractivity contribution in [2.75, 3.05) is 13.1 Å². The molecule has 0 saturated heterocycles. The molecular weight excluding hydrogens is 404 g/mol.